The molecule has 0 bridgehead atoms. The molecule has 0 amide bonds. The van der Waals surface area contributed by atoms with Crippen molar-refractivity contribution in [3.8, 4) is 5.75 Å². The van der Waals surface area contributed by atoms with E-state index in [-0.39, 0.29) is 12.6 Å². The Bertz CT molecular complexity index is 1210. The fraction of sp³-hybridized carbons (Fsp3) is 0.583. The fourth-order valence-electron chi connectivity index (χ4n) is 4.95. The van der Waals surface area contributed by atoms with E-state index >= 15 is 0 Å². The monoisotopic (exact) mass is 500 g/mol. The highest BCUT2D eigenvalue weighted by atomic mass is 32.2. The molecule has 2 heterocycles. The van der Waals surface area contributed by atoms with Crippen LogP contribution in [0.3, 0.4) is 0 Å². The summed E-state index contributed by atoms with van der Waals surface area (Å²) in [4.78, 5) is 9.45. The van der Waals surface area contributed by atoms with E-state index in [2.05, 4.69) is 34.7 Å². The number of aromatic nitrogens is 5. The largest absolute Gasteiger partial charge is 0.496 e. The molecule has 0 spiro atoms. The predicted octanol–water partition coefficient (Wildman–Crippen LogP) is 2.28. The summed E-state index contributed by atoms with van der Waals surface area (Å²) in [7, 11) is 1.68. The molecule has 0 saturated heterocycles. The smallest absolute Gasteiger partial charge is 0.191 e. The standard InChI is InChI=1S/C24H32N6O4S/c1-4-7-35-24-26-22(25-16-10-15(16)13-5-6-18(34-3)12(2)8-13)19-23(27-24)30(29-28-19)17-9-14(11-31)20(32)21(17)33/h5-6,8,14-17,20-21,31-33H,4,7,9-11H2,1-3H3,(H,25,26,27)/t14-,15?,16?,17-,20-,21+/m1/s1. The molecular formula is C24H32N6O4S. The minimum absolute atomic E-state index is 0.200. The van der Waals surface area contributed by atoms with Gasteiger partial charge in [0, 0.05) is 30.2 Å². The van der Waals surface area contributed by atoms with Gasteiger partial charge in [-0.15, -0.1) is 5.10 Å². The first kappa shape index (κ1) is 24.2. The minimum atomic E-state index is -1.05. The number of aliphatic hydroxyl groups is 3. The van der Waals surface area contributed by atoms with Crippen LogP contribution in [0.4, 0.5) is 5.82 Å². The third kappa shape index (κ3) is 4.57. The second kappa shape index (κ2) is 9.88. The molecule has 10 nitrogen and oxygen atoms in total. The SMILES string of the molecule is CCCSc1nc(NC2CC2c2ccc(OC)c(C)c2)c2nnn([C@@H]3C[C@H](CO)[C@@H](O)[C@H]3O)c2n1. The van der Waals surface area contributed by atoms with Gasteiger partial charge in [0.05, 0.1) is 19.3 Å². The normalized spacial score (nSPS) is 27.9. The van der Waals surface area contributed by atoms with Crippen LogP contribution in [0.25, 0.3) is 11.2 Å². The zero-order valence-electron chi connectivity index (χ0n) is 20.1. The summed E-state index contributed by atoms with van der Waals surface area (Å²) in [6.07, 6.45) is 0.288. The second-order valence-corrected chi connectivity index (χ2v) is 10.5. The van der Waals surface area contributed by atoms with Gasteiger partial charge in [-0.2, -0.15) is 0 Å². The number of thioether (sulfide) groups is 1. The Balaban J connectivity index is 1.44. The lowest BCUT2D eigenvalue weighted by atomic mass is 10.1. The highest BCUT2D eigenvalue weighted by molar-refractivity contribution is 7.99. The van der Waals surface area contributed by atoms with Crippen molar-refractivity contribution >= 4 is 28.7 Å². The lowest BCUT2D eigenvalue weighted by molar-refractivity contribution is -0.00512. The molecule has 5 rings (SSSR count). The van der Waals surface area contributed by atoms with Crippen molar-refractivity contribution in [2.45, 2.75) is 68.5 Å². The highest BCUT2D eigenvalue weighted by Crippen LogP contribution is 2.44. The molecule has 0 radical (unpaired) electrons. The van der Waals surface area contributed by atoms with Crippen LogP contribution in [-0.2, 0) is 0 Å². The van der Waals surface area contributed by atoms with Gasteiger partial charge in [-0.1, -0.05) is 36.0 Å². The van der Waals surface area contributed by atoms with E-state index in [1.165, 1.54) is 5.56 Å². The number of nitrogens with one attached hydrogen (secondary N) is 1. The topological polar surface area (TPSA) is 138 Å². The van der Waals surface area contributed by atoms with Crippen LogP contribution in [0, 0.1) is 12.8 Å². The van der Waals surface area contributed by atoms with Crippen molar-refractivity contribution in [3.05, 3.63) is 29.3 Å². The van der Waals surface area contributed by atoms with E-state index in [0.717, 1.165) is 29.9 Å². The maximum absolute atomic E-state index is 10.6. The summed E-state index contributed by atoms with van der Waals surface area (Å²) in [6.45, 7) is 3.95. The average molecular weight is 501 g/mol. The van der Waals surface area contributed by atoms with Crippen LogP contribution in [0.5, 0.6) is 5.75 Å². The Labute approximate surface area is 208 Å². The number of aliphatic hydroxyl groups excluding tert-OH is 3. The van der Waals surface area contributed by atoms with Gasteiger partial charge in [0.15, 0.2) is 22.1 Å². The summed E-state index contributed by atoms with van der Waals surface area (Å²) in [5, 5.41) is 43.3. The Hall–Kier alpha value is -2.47. The maximum atomic E-state index is 10.6. The number of anilines is 1. The Morgan fingerprint density at radius 3 is 2.71 bits per heavy atom. The number of hydrogen-bond donors (Lipinski definition) is 4. The van der Waals surface area contributed by atoms with E-state index < -0.39 is 24.2 Å². The van der Waals surface area contributed by atoms with E-state index in [0.29, 0.717) is 34.5 Å². The Kier molecular flexibility index (Phi) is 6.84. The van der Waals surface area contributed by atoms with Gasteiger partial charge in [-0.05, 0) is 43.4 Å². The molecule has 4 N–H and O–H groups in total. The minimum Gasteiger partial charge on any atom is -0.496 e. The van der Waals surface area contributed by atoms with Gasteiger partial charge in [0.2, 0.25) is 0 Å². The molecule has 2 unspecified atom stereocenters. The summed E-state index contributed by atoms with van der Waals surface area (Å²) < 4.78 is 6.97. The third-order valence-corrected chi connectivity index (χ3v) is 8.07. The van der Waals surface area contributed by atoms with Gasteiger partial charge in [-0.25, -0.2) is 14.6 Å². The first-order valence-corrected chi connectivity index (χ1v) is 13.1. The van der Waals surface area contributed by atoms with Crippen LogP contribution in [0.1, 0.15) is 49.3 Å². The molecule has 2 aliphatic rings. The van der Waals surface area contributed by atoms with Crippen molar-refractivity contribution in [2.24, 2.45) is 5.92 Å². The quantitative estimate of drug-likeness (QED) is 0.256. The van der Waals surface area contributed by atoms with Crippen molar-refractivity contribution in [3.63, 3.8) is 0 Å². The third-order valence-electron chi connectivity index (χ3n) is 7.02. The molecule has 1 aromatic carbocycles. The number of rotatable bonds is 9. The number of hydrogen-bond acceptors (Lipinski definition) is 10. The predicted molar refractivity (Wildman–Crippen MR) is 133 cm³/mol. The lowest BCUT2D eigenvalue weighted by Gasteiger charge is -2.17. The molecule has 0 aliphatic heterocycles. The van der Waals surface area contributed by atoms with Crippen LogP contribution >= 0.6 is 11.8 Å². The zero-order chi connectivity index (χ0) is 24.7. The summed E-state index contributed by atoms with van der Waals surface area (Å²) in [5.41, 5.74) is 3.43. The highest BCUT2D eigenvalue weighted by Gasteiger charge is 2.44. The van der Waals surface area contributed by atoms with Crippen molar-refractivity contribution in [1.29, 1.82) is 0 Å². The van der Waals surface area contributed by atoms with E-state index in [9.17, 15) is 15.3 Å². The van der Waals surface area contributed by atoms with Crippen molar-refractivity contribution in [2.75, 3.05) is 24.8 Å². The van der Waals surface area contributed by atoms with Crippen LogP contribution in [0.2, 0.25) is 0 Å². The van der Waals surface area contributed by atoms with E-state index in [1.54, 1.807) is 23.6 Å². The Morgan fingerprint density at radius 1 is 1.20 bits per heavy atom. The first-order chi connectivity index (χ1) is 16.9. The fourth-order valence-corrected chi connectivity index (χ4v) is 5.64. The maximum Gasteiger partial charge on any atom is 0.191 e. The number of ether oxygens (including phenoxy) is 1. The van der Waals surface area contributed by atoms with Gasteiger partial charge in [0.25, 0.3) is 0 Å². The molecular weight excluding hydrogens is 468 g/mol. The van der Waals surface area contributed by atoms with Crippen molar-refractivity contribution < 1.29 is 20.1 Å². The number of methoxy groups -OCH3 is 1. The molecule has 2 fully saturated rings. The molecule has 188 valence electrons. The molecule has 11 heteroatoms. The number of nitrogens with zero attached hydrogens (tertiary/aromatic N) is 5. The molecule has 2 aromatic heterocycles. The van der Waals surface area contributed by atoms with Gasteiger partial charge in [0.1, 0.15) is 11.9 Å². The van der Waals surface area contributed by atoms with Crippen LogP contribution in [-0.4, -0.2) is 78.0 Å². The van der Waals surface area contributed by atoms with Gasteiger partial charge >= 0.3 is 0 Å². The molecule has 35 heavy (non-hydrogen) atoms. The zero-order valence-corrected chi connectivity index (χ0v) is 20.9. The van der Waals surface area contributed by atoms with Crippen LogP contribution in [0.15, 0.2) is 23.4 Å². The molecule has 6 atom stereocenters. The summed E-state index contributed by atoms with van der Waals surface area (Å²) in [6, 6.07) is 5.98. The molecule has 2 saturated carbocycles. The summed E-state index contributed by atoms with van der Waals surface area (Å²) in [5.74, 6) is 2.34. The van der Waals surface area contributed by atoms with Crippen molar-refractivity contribution in [1.82, 2.24) is 25.0 Å². The lowest BCUT2D eigenvalue weighted by Crippen LogP contribution is -2.30. The number of aryl methyl sites for hydroxylation is 1. The second-order valence-electron chi connectivity index (χ2n) is 9.46. The first-order valence-electron chi connectivity index (χ1n) is 12.1. The van der Waals surface area contributed by atoms with E-state index in [1.807, 2.05) is 13.0 Å². The number of benzene rings is 1. The molecule has 2 aliphatic carbocycles. The van der Waals surface area contributed by atoms with Crippen LogP contribution < -0.4 is 10.1 Å². The van der Waals surface area contributed by atoms with Gasteiger partial charge in [-0.3, -0.25) is 0 Å². The van der Waals surface area contributed by atoms with E-state index in [4.69, 9.17) is 14.7 Å². The number of fused-ring (bicyclic) bond motifs is 1. The van der Waals surface area contributed by atoms with Gasteiger partial charge < -0.3 is 25.4 Å². The summed E-state index contributed by atoms with van der Waals surface area (Å²) >= 11 is 1.56. The Morgan fingerprint density at radius 2 is 2.03 bits per heavy atom. The average Bonchev–Trinajstić information content (AvgIpc) is 3.40. The molecule has 3 aromatic rings.